The van der Waals surface area contributed by atoms with Crippen LogP contribution in [0.5, 0.6) is 5.75 Å². The van der Waals surface area contributed by atoms with Crippen LogP contribution in [0.4, 0.5) is 5.69 Å². The molecule has 1 heterocycles. The molecular weight excluding hydrogens is 454 g/mol. The minimum absolute atomic E-state index is 0.0658. The van der Waals surface area contributed by atoms with Crippen LogP contribution < -0.4 is 4.72 Å². The molecule has 2 aromatic rings. The summed E-state index contributed by atoms with van der Waals surface area (Å²) in [6.45, 7) is 1.54. The Bertz CT molecular complexity index is 1210. The molecule has 170 valence electrons. The summed E-state index contributed by atoms with van der Waals surface area (Å²) < 4.78 is 31.8. The van der Waals surface area contributed by atoms with E-state index in [1.165, 1.54) is 19.1 Å². The summed E-state index contributed by atoms with van der Waals surface area (Å²) in [6, 6.07) is 9.42. The van der Waals surface area contributed by atoms with E-state index >= 15 is 0 Å². The lowest BCUT2D eigenvalue weighted by atomic mass is 9.82. The van der Waals surface area contributed by atoms with Gasteiger partial charge in [-0.15, -0.1) is 0 Å². The van der Waals surface area contributed by atoms with E-state index in [0.717, 1.165) is 19.3 Å². The first-order valence-electron chi connectivity index (χ1n) is 10.5. The van der Waals surface area contributed by atoms with Crippen molar-refractivity contribution in [2.45, 2.75) is 44.6 Å². The Balaban J connectivity index is 1.73. The minimum atomic E-state index is -3.45. The first-order valence-corrected chi connectivity index (χ1v) is 12.5. The van der Waals surface area contributed by atoms with Gasteiger partial charge in [-0.3, -0.25) is 4.72 Å². The van der Waals surface area contributed by atoms with Crippen LogP contribution in [0.15, 0.2) is 42.2 Å². The maximum atomic E-state index is 12.6. The van der Waals surface area contributed by atoms with E-state index in [9.17, 15) is 23.4 Å². The van der Waals surface area contributed by atoms with Gasteiger partial charge in [-0.1, -0.05) is 30.2 Å². The number of ether oxygens (including phenoxy) is 1. The van der Waals surface area contributed by atoms with E-state index < -0.39 is 21.6 Å². The first-order chi connectivity index (χ1) is 15.2. The molecule has 32 heavy (non-hydrogen) atoms. The van der Waals surface area contributed by atoms with Crippen molar-refractivity contribution in [2.75, 3.05) is 10.5 Å². The fraction of sp³-hybridized carbons (Fsp3) is 0.348. The van der Waals surface area contributed by atoms with Gasteiger partial charge in [0.25, 0.3) is 0 Å². The van der Waals surface area contributed by atoms with Gasteiger partial charge in [0, 0.05) is 21.8 Å². The number of sulfonamides is 1. The molecular formula is C23H24ClNO6S. The predicted octanol–water partition coefficient (Wildman–Crippen LogP) is 5.00. The molecule has 3 N–H and O–H groups in total. The maximum absolute atomic E-state index is 12.6. The van der Waals surface area contributed by atoms with E-state index in [-0.39, 0.29) is 33.4 Å². The first kappa shape index (κ1) is 22.5. The largest absolute Gasteiger partial charge is 0.507 e. The average molecular weight is 478 g/mol. The number of hydrogen-bond donors (Lipinski definition) is 3. The summed E-state index contributed by atoms with van der Waals surface area (Å²) in [7, 11) is -3.45. The van der Waals surface area contributed by atoms with Crippen LogP contribution in [0.3, 0.4) is 0 Å². The number of rotatable bonds is 5. The van der Waals surface area contributed by atoms with Crippen molar-refractivity contribution in [2.24, 2.45) is 0 Å². The Kier molecular flexibility index (Phi) is 5.85. The van der Waals surface area contributed by atoms with E-state index in [2.05, 4.69) is 4.72 Å². The number of nitrogens with one attached hydrogen (secondary N) is 1. The topological polar surface area (TPSA) is 113 Å². The van der Waals surface area contributed by atoms with Crippen LogP contribution in [0.1, 0.15) is 44.6 Å². The van der Waals surface area contributed by atoms with Crippen LogP contribution in [0, 0.1) is 0 Å². The summed E-state index contributed by atoms with van der Waals surface area (Å²) >= 11 is 6.49. The zero-order valence-corrected chi connectivity index (χ0v) is 19.1. The lowest BCUT2D eigenvalue weighted by Crippen LogP contribution is -2.34. The van der Waals surface area contributed by atoms with Crippen molar-refractivity contribution in [1.29, 1.82) is 0 Å². The number of phenols is 1. The monoisotopic (exact) mass is 477 g/mol. The number of hydrogen-bond acceptors (Lipinski definition) is 6. The Morgan fingerprint density at radius 1 is 1.09 bits per heavy atom. The van der Waals surface area contributed by atoms with Crippen LogP contribution in [-0.4, -0.2) is 36.0 Å². The van der Waals surface area contributed by atoms with Gasteiger partial charge in [-0.05, 0) is 62.4 Å². The number of carbonyl (C=O) groups excluding carboxylic acids is 1. The molecule has 1 saturated carbocycles. The Morgan fingerprint density at radius 3 is 2.50 bits per heavy atom. The highest BCUT2D eigenvalue weighted by molar-refractivity contribution is 7.92. The molecule has 9 heteroatoms. The van der Waals surface area contributed by atoms with Gasteiger partial charge >= 0.3 is 5.97 Å². The second-order valence-electron chi connectivity index (χ2n) is 8.10. The average Bonchev–Trinajstić information content (AvgIpc) is 2.99. The van der Waals surface area contributed by atoms with Crippen molar-refractivity contribution in [3.8, 4) is 16.9 Å². The summed E-state index contributed by atoms with van der Waals surface area (Å²) in [5, 5.41) is 21.8. The molecule has 1 spiro atoms. The van der Waals surface area contributed by atoms with Crippen molar-refractivity contribution in [1.82, 2.24) is 0 Å². The van der Waals surface area contributed by atoms with Gasteiger partial charge in [0.15, 0.2) is 11.4 Å². The second-order valence-corrected chi connectivity index (χ2v) is 10.5. The Morgan fingerprint density at radius 2 is 1.81 bits per heavy atom. The molecule has 2 aliphatic rings. The molecule has 4 rings (SSSR count). The van der Waals surface area contributed by atoms with Crippen molar-refractivity contribution in [3.63, 3.8) is 0 Å². The fourth-order valence-electron chi connectivity index (χ4n) is 4.29. The van der Waals surface area contributed by atoms with E-state index in [4.69, 9.17) is 16.3 Å². The van der Waals surface area contributed by atoms with Crippen LogP contribution >= 0.6 is 11.6 Å². The number of halogens is 1. The third-order valence-electron chi connectivity index (χ3n) is 6.00. The van der Waals surface area contributed by atoms with Gasteiger partial charge in [-0.2, -0.15) is 0 Å². The molecule has 2 aromatic carbocycles. The number of benzene rings is 2. The van der Waals surface area contributed by atoms with Gasteiger partial charge in [-0.25, -0.2) is 13.2 Å². The molecule has 0 bridgehead atoms. The zero-order valence-electron chi connectivity index (χ0n) is 17.5. The summed E-state index contributed by atoms with van der Waals surface area (Å²) in [6.07, 6.45) is 3.78. The van der Waals surface area contributed by atoms with Gasteiger partial charge < -0.3 is 14.9 Å². The number of carbonyl (C=O) groups is 1. The number of aliphatic hydroxyl groups is 1. The smallest absolute Gasteiger partial charge is 0.343 e. The molecule has 1 aliphatic carbocycles. The van der Waals surface area contributed by atoms with Gasteiger partial charge in [0.1, 0.15) is 11.3 Å². The van der Waals surface area contributed by atoms with Crippen LogP contribution in [0.25, 0.3) is 16.7 Å². The fourth-order valence-corrected chi connectivity index (χ4v) is 5.19. The second kappa shape index (κ2) is 8.33. The highest BCUT2D eigenvalue weighted by atomic mass is 35.5. The number of aliphatic hydroxyl groups excluding tert-OH is 1. The molecule has 0 atom stereocenters. The normalized spacial score (nSPS) is 18.1. The number of anilines is 1. The quantitative estimate of drug-likeness (QED) is 0.522. The molecule has 0 unspecified atom stereocenters. The van der Waals surface area contributed by atoms with Crippen molar-refractivity contribution >= 4 is 38.9 Å². The molecule has 0 saturated heterocycles. The van der Waals surface area contributed by atoms with Crippen molar-refractivity contribution < 1.29 is 28.2 Å². The van der Waals surface area contributed by atoms with E-state index in [1.54, 1.807) is 24.3 Å². The molecule has 1 fully saturated rings. The van der Waals surface area contributed by atoms with Gasteiger partial charge in [0.05, 0.1) is 5.75 Å². The highest BCUT2D eigenvalue weighted by Crippen LogP contribution is 2.48. The molecule has 0 amide bonds. The van der Waals surface area contributed by atoms with Crippen LogP contribution in [-0.2, 0) is 19.6 Å². The number of esters is 1. The third kappa shape index (κ3) is 4.04. The highest BCUT2D eigenvalue weighted by Gasteiger charge is 2.49. The Hall–Kier alpha value is -2.71. The van der Waals surface area contributed by atoms with E-state index in [0.29, 0.717) is 29.7 Å². The lowest BCUT2D eigenvalue weighted by molar-refractivity contribution is -0.149. The van der Waals surface area contributed by atoms with Gasteiger partial charge in [0.2, 0.25) is 10.0 Å². The number of phenolic OH excluding ortho intramolecular Hbond substituents is 1. The summed E-state index contributed by atoms with van der Waals surface area (Å²) in [4.78, 5) is 12.6. The van der Waals surface area contributed by atoms with Crippen LogP contribution in [0.2, 0.25) is 5.02 Å². The summed E-state index contributed by atoms with van der Waals surface area (Å²) in [5.74, 6) is -1.14. The molecule has 1 aliphatic heterocycles. The summed E-state index contributed by atoms with van der Waals surface area (Å²) in [5.41, 5.74) is 0.401. The zero-order chi connectivity index (χ0) is 23.1. The predicted molar refractivity (Wildman–Crippen MR) is 123 cm³/mol. The van der Waals surface area contributed by atoms with E-state index in [1.807, 2.05) is 0 Å². The Labute approximate surface area is 191 Å². The lowest BCUT2D eigenvalue weighted by Gasteiger charge is -2.31. The third-order valence-corrected chi connectivity index (χ3v) is 7.62. The maximum Gasteiger partial charge on any atom is 0.343 e. The number of aromatic hydroxyl groups is 1. The molecule has 0 radical (unpaired) electrons. The molecule has 0 aromatic heterocycles. The molecule has 7 nitrogen and oxygen atoms in total. The standard InChI is InChI=1S/C23H24ClNO6S/c1-2-32(29,30)25-15-8-6-7-14(11-15)16-13-19(26)17(12-18(16)24)20-21(27)23(31-22(20)28)9-4-3-5-10-23/h6-8,11-13,25-27H,2-5,9-10H2,1H3. The SMILES string of the molecule is CCS(=O)(=O)Nc1cccc(-c2cc(O)c(C3=C(O)C4(CCCCC4)OC3=O)cc2Cl)c1. The van der Waals surface area contributed by atoms with Crippen molar-refractivity contribution in [3.05, 3.63) is 52.7 Å². The minimum Gasteiger partial charge on any atom is -0.507 e.